The van der Waals surface area contributed by atoms with Crippen molar-refractivity contribution in [2.75, 3.05) is 10.7 Å². The van der Waals surface area contributed by atoms with Crippen LogP contribution in [0.15, 0.2) is 53.7 Å². The molecule has 0 saturated heterocycles. The maximum Gasteiger partial charge on any atom is 0.240 e. The number of aryl methyl sites for hydroxylation is 3. The SMILES string of the molecule is CCc1ccc(NC(=O)[C@@H]2Sc3nnc(CC)n3N[C@H]2c2ccc(C)cc2)cc1. The van der Waals surface area contributed by atoms with Crippen LogP contribution in [-0.4, -0.2) is 26.0 Å². The molecular weight excluding hydrogens is 382 g/mol. The van der Waals surface area contributed by atoms with Gasteiger partial charge in [-0.3, -0.25) is 4.79 Å². The Labute approximate surface area is 175 Å². The van der Waals surface area contributed by atoms with Gasteiger partial charge in [-0.05, 0) is 36.6 Å². The molecule has 7 heteroatoms. The van der Waals surface area contributed by atoms with Crippen LogP contribution in [0.25, 0.3) is 0 Å². The summed E-state index contributed by atoms with van der Waals surface area (Å²) >= 11 is 1.45. The summed E-state index contributed by atoms with van der Waals surface area (Å²) in [7, 11) is 0. The van der Waals surface area contributed by atoms with Gasteiger partial charge in [0.1, 0.15) is 5.25 Å². The van der Waals surface area contributed by atoms with Crippen molar-refractivity contribution in [3.63, 3.8) is 0 Å². The average Bonchev–Trinajstić information content (AvgIpc) is 3.16. The molecule has 0 saturated carbocycles. The summed E-state index contributed by atoms with van der Waals surface area (Å²) in [4.78, 5) is 13.2. The second kappa shape index (κ2) is 8.29. The number of fused-ring (bicyclic) bond motifs is 1. The molecule has 1 aromatic heterocycles. The van der Waals surface area contributed by atoms with Crippen molar-refractivity contribution in [3.8, 4) is 0 Å². The Bertz CT molecular complexity index is 997. The topological polar surface area (TPSA) is 71.8 Å². The van der Waals surface area contributed by atoms with Gasteiger partial charge in [-0.1, -0.05) is 67.6 Å². The number of carbonyl (C=O) groups excluding carboxylic acids is 1. The number of nitrogens with one attached hydrogen (secondary N) is 2. The van der Waals surface area contributed by atoms with Gasteiger partial charge in [0.25, 0.3) is 0 Å². The Balaban J connectivity index is 1.63. The number of anilines is 1. The summed E-state index contributed by atoms with van der Waals surface area (Å²) in [6.45, 7) is 6.22. The summed E-state index contributed by atoms with van der Waals surface area (Å²) in [5.74, 6) is 0.809. The van der Waals surface area contributed by atoms with Gasteiger partial charge >= 0.3 is 0 Å². The molecule has 1 aliphatic rings. The monoisotopic (exact) mass is 407 g/mol. The number of hydrogen-bond acceptors (Lipinski definition) is 5. The predicted molar refractivity (Wildman–Crippen MR) is 117 cm³/mol. The molecule has 0 bridgehead atoms. The standard InChI is InChI=1S/C22H25N5OS/c1-4-15-8-12-17(13-9-15)23-21(28)20-19(16-10-6-14(3)7-11-16)26-27-18(5-2)24-25-22(27)29-20/h6-13,19-20,26H,4-5H2,1-3H3,(H,23,28)/t19-,20+/m0/s1. The van der Waals surface area contributed by atoms with Crippen molar-refractivity contribution >= 4 is 23.4 Å². The number of aromatic nitrogens is 3. The van der Waals surface area contributed by atoms with E-state index in [-0.39, 0.29) is 17.2 Å². The number of hydrogen-bond donors (Lipinski definition) is 2. The van der Waals surface area contributed by atoms with E-state index in [0.29, 0.717) is 5.16 Å². The van der Waals surface area contributed by atoms with E-state index >= 15 is 0 Å². The van der Waals surface area contributed by atoms with Crippen LogP contribution in [0.1, 0.15) is 42.4 Å². The molecule has 150 valence electrons. The van der Waals surface area contributed by atoms with Crippen molar-refractivity contribution in [1.29, 1.82) is 0 Å². The number of rotatable bonds is 5. The summed E-state index contributed by atoms with van der Waals surface area (Å²) in [5, 5.41) is 11.9. The number of carbonyl (C=O) groups is 1. The zero-order valence-electron chi connectivity index (χ0n) is 16.8. The third-order valence-electron chi connectivity index (χ3n) is 5.14. The zero-order valence-corrected chi connectivity index (χ0v) is 17.7. The van der Waals surface area contributed by atoms with Crippen LogP contribution in [0.2, 0.25) is 0 Å². The lowest BCUT2D eigenvalue weighted by atomic mass is 10.0. The van der Waals surface area contributed by atoms with E-state index in [1.807, 2.05) is 35.9 Å². The first-order chi connectivity index (χ1) is 14.1. The van der Waals surface area contributed by atoms with E-state index in [9.17, 15) is 4.79 Å². The number of nitrogens with zero attached hydrogens (tertiary/aromatic N) is 3. The first-order valence-corrected chi connectivity index (χ1v) is 10.8. The van der Waals surface area contributed by atoms with Crippen molar-refractivity contribution in [3.05, 3.63) is 71.0 Å². The molecule has 0 aliphatic carbocycles. The van der Waals surface area contributed by atoms with Gasteiger partial charge in [-0.2, -0.15) is 0 Å². The first kappa shape index (κ1) is 19.5. The fourth-order valence-corrected chi connectivity index (χ4v) is 4.49. The molecule has 0 unspecified atom stereocenters. The lowest BCUT2D eigenvalue weighted by Crippen LogP contribution is -2.41. The van der Waals surface area contributed by atoms with Gasteiger partial charge in [-0.25, -0.2) is 4.68 Å². The van der Waals surface area contributed by atoms with Crippen molar-refractivity contribution in [1.82, 2.24) is 14.9 Å². The minimum absolute atomic E-state index is 0.0513. The van der Waals surface area contributed by atoms with Crippen molar-refractivity contribution < 1.29 is 4.79 Å². The molecule has 0 spiro atoms. The number of amides is 1. The summed E-state index contributed by atoms with van der Waals surface area (Å²) in [6.07, 6.45) is 1.74. The minimum Gasteiger partial charge on any atom is -0.325 e. The Hall–Kier alpha value is -2.80. The first-order valence-electron chi connectivity index (χ1n) is 9.93. The van der Waals surface area contributed by atoms with E-state index in [2.05, 4.69) is 59.1 Å². The van der Waals surface area contributed by atoms with Crippen molar-refractivity contribution in [2.24, 2.45) is 0 Å². The molecule has 29 heavy (non-hydrogen) atoms. The lowest BCUT2D eigenvalue weighted by molar-refractivity contribution is -0.116. The highest BCUT2D eigenvalue weighted by atomic mass is 32.2. The molecular formula is C22H25N5OS. The molecule has 3 aromatic rings. The van der Waals surface area contributed by atoms with Crippen LogP contribution < -0.4 is 10.7 Å². The van der Waals surface area contributed by atoms with Crippen molar-refractivity contribution in [2.45, 2.75) is 50.1 Å². The Kier molecular flexibility index (Phi) is 5.58. The smallest absolute Gasteiger partial charge is 0.240 e. The Morgan fingerprint density at radius 2 is 1.79 bits per heavy atom. The van der Waals surface area contributed by atoms with Gasteiger partial charge in [0, 0.05) is 12.1 Å². The average molecular weight is 408 g/mol. The van der Waals surface area contributed by atoms with Crippen LogP contribution >= 0.6 is 11.8 Å². The molecule has 0 radical (unpaired) electrons. The summed E-state index contributed by atoms with van der Waals surface area (Å²) < 4.78 is 1.91. The van der Waals surface area contributed by atoms with E-state index in [0.717, 1.165) is 29.9 Å². The fourth-order valence-electron chi connectivity index (χ4n) is 3.39. The normalized spacial score (nSPS) is 18.0. The highest BCUT2D eigenvalue weighted by molar-refractivity contribution is 8.00. The van der Waals surface area contributed by atoms with Crippen LogP contribution in [0, 0.1) is 6.92 Å². The summed E-state index contributed by atoms with van der Waals surface area (Å²) in [5.41, 5.74) is 7.77. The number of benzene rings is 2. The van der Waals surface area contributed by atoms with E-state index in [4.69, 9.17) is 0 Å². The Morgan fingerprint density at radius 1 is 1.07 bits per heavy atom. The molecule has 4 rings (SSSR count). The van der Waals surface area contributed by atoms with Crippen LogP contribution in [0.5, 0.6) is 0 Å². The van der Waals surface area contributed by atoms with Crippen LogP contribution in [0.4, 0.5) is 5.69 Å². The third-order valence-corrected chi connectivity index (χ3v) is 6.36. The molecule has 2 N–H and O–H groups in total. The predicted octanol–water partition coefficient (Wildman–Crippen LogP) is 4.11. The highest BCUT2D eigenvalue weighted by Gasteiger charge is 2.37. The molecule has 2 atom stereocenters. The summed E-state index contributed by atoms with van der Waals surface area (Å²) in [6, 6.07) is 16.1. The third kappa shape index (κ3) is 4.00. The van der Waals surface area contributed by atoms with Crippen LogP contribution in [0.3, 0.4) is 0 Å². The molecule has 2 aromatic carbocycles. The molecule has 1 aliphatic heterocycles. The van der Waals surface area contributed by atoms with Gasteiger partial charge < -0.3 is 10.7 Å². The maximum absolute atomic E-state index is 13.2. The van der Waals surface area contributed by atoms with Gasteiger partial charge in [-0.15, -0.1) is 10.2 Å². The van der Waals surface area contributed by atoms with E-state index < -0.39 is 0 Å². The largest absolute Gasteiger partial charge is 0.325 e. The van der Waals surface area contributed by atoms with E-state index in [1.165, 1.54) is 22.9 Å². The maximum atomic E-state index is 13.2. The zero-order chi connectivity index (χ0) is 20.4. The molecule has 6 nitrogen and oxygen atoms in total. The van der Waals surface area contributed by atoms with Gasteiger partial charge in [0.2, 0.25) is 11.1 Å². The minimum atomic E-state index is -0.370. The van der Waals surface area contributed by atoms with E-state index in [1.54, 1.807) is 0 Å². The molecule has 2 heterocycles. The quantitative estimate of drug-likeness (QED) is 0.666. The van der Waals surface area contributed by atoms with Gasteiger partial charge in [0.05, 0.1) is 6.04 Å². The second-order valence-corrected chi connectivity index (χ2v) is 8.29. The highest BCUT2D eigenvalue weighted by Crippen LogP contribution is 2.37. The molecule has 0 fully saturated rings. The second-order valence-electron chi connectivity index (χ2n) is 7.18. The van der Waals surface area contributed by atoms with Crippen LogP contribution in [-0.2, 0) is 17.6 Å². The lowest BCUT2D eigenvalue weighted by Gasteiger charge is -2.33. The van der Waals surface area contributed by atoms with Gasteiger partial charge in [0.15, 0.2) is 5.82 Å². The Morgan fingerprint density at radius 3 is 2.45 bits per heavy atom. The molecule has 1 amide bonds. The number of thioether (sulfide) groups is 1. The fraction of sp³-hybridized carbons (Fsp3) is 0.318.